The van der Waals surface area contributed by atoms with Crippen LogP contribution >= 0.6 is 0 Å². The number of allylic oxidation sites excluding steroid dienone is 4. The van der Waals surface area contributed by atoms with E-state index in [1.807, 2.05) is 0 Å². The Morgan fingerprint density at radius 2 is 0.935 bits per heavy atom. The van der Waals surface area contributed by atoms with Crippen molar-refractivity contribution < 1.29 is 0 Å². The molecular formula is C44H38N2. The van der Waals surface area contributed by atoms with Crippen molar-refractivity contribution in [2.45, 2.75) is 26.7 Å². The molecule has 0 bridgehead atoms. The number of benzene rings is 6. The van der Waals surface area contributed by atoms with Gasteiger partial charge in [0.25, 0.3) is 0 Å². The highest BCUT2D eigenvalue weighted by Gasteiger charge is 2.21. The molecule has 0 radical (unpaired) electrons. The molecule has 0 heterocycles. The Labute approximate surface area is 272 Å². The highest BCUT2D eigenvalue weighted by Crippen LogP contribution is 2.43. The van der Waals surface area contributed by atoms with E-state index < -0.39 is 0 Å². The quantitative estimate of drug-likeness (QED) is 0.189. The van der Waals surface area contributed by atoms with Crippen molar-refractivity contribution in [1.29, 1.82) is 0 Å². The average Bonchev–Trinajstić information content (AvgIpc) is 3.10. The topological polar surface area (TPSA) is 6.48 Å². The van der Waals surface area contributed by atoms with Gasteiger partial charge in [0, 0.05) is 40.3 Å². The molecule has 6 aromatic rings. The van der Waals surface area contributed by atoms with Crippen LogP contribution in [-0.4, -0.2) is 0 Å². The van der Waals surface area contributed by atoms with Crippen molar-refractivity contribution >= 4 is 45.3 Å². The molecule has 0 unspecified atom stereocenters. The zero-order chi connectivity index (χ0) is 31.3. The van der Waals surface area contributed by atoms with E-state index >= 15 is 0 Å². The van der Waals surface area contributed by atoms with Gasteiger partial charge in [0.15, 0.2) is 0 Å². The summed E-state index contributed by atoms with van der Waals surface area (Å²) in [5.41, 5.74) is 12.0. The molecule has 6 aromatic carbocycles. The van der Waals surface area contributed by atoms with E-state index in [9.17, 15) is 0 Å². The van der Waals surface area contributed by atoms with E-state index in [0.29, 0.717) is 0 Å². The second-order valence-corrected chi connectivity index (χ2v) is 11.9. The van der Waals surface area contributed by atoms with Gasteiger partial charge in [0.2, 0.25) is 0 Å². The summed E-state index contributed by atoms with van der Waals surface area (Å²) in [4.78, 5) is 4.81. The predicted molar refractivity (Wildman–Crippen MR) is 198 cm³/mol. The lowest BCUT2D eigenvalue weighted by molar-refractivity contribution is 1.09. The van der Waals surface area contributed by atoms with Crippen LogP contribution in [0.15, 0.2) is 170 Å². The summed E-state index contributed by atoms with van der Waals surface area (Å²) in [7, 11) is 0. The van der Waals surface area contributed by atoms with Gasteiger partial charge in [-0.25, -0.2) is 0 Å². The van der Waals surface area contributed by atoms with Crippen LogP contribution < -0.4 is 9.80 Å². The van der Waals surface area contributed by atoms with E-state index in [-0.39, 0.29) is 0 Å². The summed E-state index contributed by atoms with van der Waals surface area (Å²) in [6.45, 7) is 4.29. The monoisotopic (exact) mass is 594 g/mol. The van der Waals surface area contributed by atoms with Crippen LogP contribution in [0.5, 0.6) is 0 Å². The molecule has 0 fully saturated rings. The third-order valence-corrected chi connectivity index (χ3v) is 8.65. The van der Waals surface area contributed by atoms with E-state index in [1.54, 1.807) is 0 Å². The van der Waals surface area contributed by atoms with Crippen LogP contribution in [0.25, 0.3) is 16.8 Å². The Morgan fingerprint density at radius 3 is 1.50 bits per heavy atom. The van der Waals surface area contributed by atoms with Gasteiger partial charge in [0.1, 0.15) is 0 Å². The number of para-hydroxylation sites is 2. The first-order valence-electron chi connectivity index (χ1n) is 16.1. The summed E-state index contributed by atoms with van der Waals surface area (Å²) in [6, 6.07) is 50.4. The lowest BCUT2D eigenvalue weighted by atomic mass is 9.92. The second kappa shape index (κ2) is 13.2. The minimum absolute atomic E-state index is 0.794. The van der Waals surface area contributed by atoms with Gasteiger partial charge in [-0.2, -0.15) is 0 Å². The highest BCUT2D eigenvalue weighted by atomic mass is 15.2. The first-order valence-corrected chi connectivity index (χ1v) is 16.1. The van der Waals surface area contributed by atoms with Crippen molar-refractivity contribution in [3.63, 3.8) is 0 Å². The molecular weight excluding hydrogens is 556 g/mol. The molecule has 0 spiro atoms. The molecule has 0 aliphatic heterocycles. The van der Waals surface area contributed by atoms with Crippen molar-refractivity contribution in [3.05, 3.63) is 192 Å². The van der Waals surface area contributed by atoms with Crippen molar-refractivity contribution in [3.8, 4) is 0 Å². The fourth-order valence-corrected chi connectivity index (χ4v) is 6.33. The van der Waals surface area contributed by atoms with Gasteiger partial charge in [-0.05, 0) is 97.5 Å². The highest BCUT2D eigenvalue weighted by molar-refractivity contribution is 6.04. The standard InChI is InChI=1S/C44H38N2/c1-33-23-27-38(28-24-33)46(39-29-25-34(2)26-30-39)44-31-35-15-7-3-4-8-20-40(32-43(35)41-21-13-14-22-42(41)44)45(36-16-9-5-10-17-36)37-18-11-6-12-19-37/h3-14,16-19,21-32H,15,20H2,1-2H3/b7-3-,8-4-,40-32+. The zero-order valence-electron chi connectivity index (χ0n) is 26.5. The van der Waals surface area contributed by atoms with Crippen molar-refractivity contribution in [2.75, 3.05) is 9.80 Å². The molecule has 7 rings (SSSR count). The number of anilines is 5. The van der Waals surface area contributed by atoms with E-state index in [4.69, 9.17) is 0 Å². The van der Waals surface area contributed by atoms with Crippen LogP contribution in [0.4, 0.5) is 28.4 Å². The molecule has 0 amide bonds. The minimum Gasteiger partial charge on any atom is -0.314 e. The lowest BCUT2D eigenvalue weighted by Crippen LogP contribution is -2.16. The van der Waals surface area contributed by atoms with Gasteiger partial charge in [-0.1, -0.05) is 120 Å². The number of hydrogen-bond donors (Lipinski definition) is 0. The molecule has 0 aromatic heterocycles. The Bertz CT molecular complexity index is 1950. The third-order valence-electron chi connectivity index (χ3n) is 8.65. The minimum atomic E-state index is 0.794. The van der Waals surface area contributed by atoms with Crippen LogP contribution in [0.3, 0.4) is 0 Å². The summed E-state index contributed by atoms with van der Waals surface area (Å²) < 4.78 is 0. The molecule has 1 aliphatic rings. The smallest absolute Gasteiger partial charge is 0.0543 e. The van der Waals surface area contributed by atoms with Gasteiger partial charge in [-0.15, -0.1) is 0 Å². The van der Waals surface area contributed by atoms with E-state index in [1.165, 1.54) is 44.4 Å². The third kappa shape index (κ3) is 6.03. The van der Waals surface area contributed by atoms with E-state index in [0.717, 1.165) is 35.6 Å². The van der Waals surface area contributed by atoms with Crippen LogP contribution in [-0.2, 0) is 6.42 Å². The molecule has 2 heteroatoms. The first-order chi connectivity index (χ1) is 22.7. The van der Waals surface area contributed by atoms with E-state index in [2.05, 4.69) is 194 Å². The summed E-state index contributed by atoms with van der Waals surface area (Å²) in [5.74, 6) is 0. The fraction of sp³-hybridized carbons (Fsp3) is 0.0909. The number of rotatable bonds is 6. The Kier molecular flexibility index (Phi) is 8.34. The maximum atomic E-state index is 2.42. The maximum absolute atomic E-state index is 2.42. The van der Waals surface area contributed by atoms with Crippen LogP contribution in [0, 0.1) is 13.8 Å². The normalized spacial score (nSPS) is 15.3. The SMILES string of the molecule is Cc1ccc(N(c2ccc(C)cc2)c2cc3c(c4ccccc24)/C=C(/N(c2ccccc2)c2ccccc2)C/C=C\C=C/C3)cc1. The Hall–Kier alpha value is -5.60. The molecule has 224 valence electrons. The van der Waals surface area contributed by atoms with Crippen LogP contribution in [0.2, 0.25) is 0 Å². The summed E-state index contributed by atoms with van der Waals surface area (Å²) in [5, 5.41) is 2.47. The van der Waals surface area contributed by atoms with Gasteiger partial charge in [0.05, 0.1) is 5.69 Å². The van der Waals surface area contributed by atoms with Crippen molar-refractivity contribution in [2.24, 2.45) is 0 Å². The van der Waals surface area contributed by atoms with Gasteiger partial charge >= 0.3 is 0 Å². The summed E-state index contributed by atoms with van der Waals surface area (Å²) >= 11 is 0. The predicted octanol–water partition coefficient (Wildman–Crippen LogP) is 12.2. The van der Waals surface area contributed by atoms with Gasteiger partial charge in [-0.3, -0.25) is 0 Å². The summed E-state index contributed by atoms with van der Waals surface area (Å²) in [6.07, 6.45) is 13.0. The molecule has 0 saturated heterocycles. The second-order valence-electron chi connectivity index (χ2n) is 11.9. The number of hydrogen-bond acceptors (Lipinski definition) is 2. The largest absolute Gasteiger partial charge is 0.314 e. The number of aryl methyl sites for hydroxylation is 2. The van der Waals surface area contributed by atoms with Gasteiger partial charge < -0.3 is 9.80 Å². The first kappa shape index (κ1) is 29.1. The fourth-order valence-electron chi connectivity index (χ4n) is 6.33. The molecule has 0 saturated carbocycles. The lowest BCUT2D eigenvalue weighted by Gasteiger charge is -2.30. The molecule has 46 heavy (non-hydrogen) atoms. The van der Waals surface area contributed by atoms with Crippen LogP contribution in [0.1, 0.15) is 28.7 Å². The average molecular weight is 595 g/mol. The molecule has 2 nitrogen and oxygen atoms in total. The molecule has 0 N–H and O–H groups in total. The molecule has 1 aliphatic carbocycles. The Morgan fingerprint density at radius 1 is 0.457 bits per heavy atom. The number of nitrogens with zero attached hydrogens (tertiary/aromatic N) is 2. The Balaban J connectivity index is 1.49. The molecule has 0 atom stereocenters. The number of fused-ring (bicyclic) bond motifs is 3. The van der Waals surface area contributed by atoms with Crippen molar-refractivity contribution in [1.82, 2.24) is 0 Å². The zero-order valence-corrected chi connectivity index (χ0v) is 26.5. The maximum Gasteiger partial charge on any atom is 0.0543 e.